The zero-order chi connectivity index (χ0) is 20.7. The van der Waals surface area contributed by atoms with Gasteiger partial charge in [-0.05, 0) is 41.7 Å². The van der Waals surface area contributed by atoms with E-state index < -0.39 is 5.97 Å². The van der Waals surface area contributed by atoms with Crippen LogP contribution in [0.3, 0.4) is 0 Å². The zero-order valence-corrected chi connectivity index (χ0v) is 16.5. The Morgan fingerprint density at radius 2 is 1.36 bits per heavy atom. The standard InChI is InChI=1S/C23H26O5/c1-23(2,3)18-10-6-16(7-11-18)20(24)15-21(25)17-8-12-19(13-9-17)28-14-4-5-22(26)27/h6-13H,4-5,14-15H2,1-3H3,(H,26,27). The lowest BCUT2D eigenvalue weighted by atomic mass is 9.86. The number of carbonyl (C=O) groups excluding carboxylic acids is 2. The topological polar surface area (TPSA) is 80.7 Å². The Bertz CT molecular complexity index is 827. The predicted molar refractivity (Wildman–Crippen MR) is 107 cm³/mol. The van der Waals surface area contributed by atoms with Crippen LogP contribution in [0.1, 0.15) is 66.3 Å². The summed E-state index contributed by atoms with van der Waals surface area (Å²) in [7, 11) is 0. The Kier molecular flexibility index (Phi) is 7.10. The molecule has 148 valence electrons. The van der Waals surface area contributed by atoms with Crippen LogP contribution in [0.4, 0.5) is 0 Å². The Hall–Kier alpha value is -2.95. The van der Waals surface area contributed by atoms with Crippen molar-refractivity contribution in [2.45, 2.75) is 45.4 Å². The van der Waals surface area contributed by atoms with E-state index in [2.05, 4.69) is 20.8 Å². The van der Waals surface area contributed by atoms with Crippen molar-refractivity contribution in [2.24, 2.45) is 0 Å². The van der Waals surface area contributed by atoms with Gasteiger partial charge in [0.05, 0.1) is 13.0 Å². The molecule has 0 aliphatic carbocycles. The van der Waals surface area contributed by atoms with E-state index in [1.807, 2.05) is 12.1 Å². The van der Waals surface area contributed by atoms with E-state index in [-0.39, 0.29) is 29.8 Å². The van der Waals surface area contributed by atoms with Crippen LogP contribution in [0.2, 0.25) is 0 Å². The number of ether oxygens (including phenoxy) is 1. The van der Waals surface area contributed by atoms with Gasteiger partial charge in [-0.2, -0.15) is 0 Å². The molecule has 0 radical (unpaired) electrons. The highest BCUT2D eigenvalue weighted by molar-refractivity contribution is 6.13. The summed E-state index contributed by atoms with van der Waals surface area (Å²) in [6.07, 6.45) is 0.279. The van der Waals surface area contributed by atoms with Gasteiger partial charge < -0.3 is 9.84 Å². The van der Waals surface area contributed by atoms with Crippen molar-refractivity contribution < 1.29 is 24.2 Å². The van der Waals surface area contributed by atoms with Gasteiger partial charge >= 0.3 is 5.97 Å². The maximum Gasteiger partial charge on any atom is 0.303 e. The van der Waals surface area contributed by atoms with E-state index in [0.29, 0.717) is 29.9 Å². The molecule has 2 aromatic carbocycles. The molecule has 0 saturated heterocycles. The van der Waals surface area contributed by atoms with E-state index in [1.54, 1.807) is 36.4 Å². The van der Waals surface area contributed by atoms with Crippen molar-refractivity contribution in [3.63, 3.8) is 0 Å². The predicted octanol–water partition coefficient (Wildman–Crippen LogP) is 4.68. The zero-order valence-electron chi connectivity index (χ0n) is 16.5. The van der Waals surface area contributed by atoms with Crippen LogP contribution in [0, 0.1) is 0 Å². The lowest BCUT2D eigenvalue weighted by molar-refractivity contribution is -0.137. The number of hydrogen-bond donors (Lipinski definition) is 1. The fourth-order valence-corrected chi connectivity index (χ4v) is 2.66. The lowest BCUT2D eigenvalue weighted by Gasteiger charge is -2.18. The molecule has 0 bridgehead atoms. The molecule has 28 heavy (non-hydrogen) atoms. The molecule has 0 aliphatic heterocycles. The van der Waals surface area contributed by atoms with Gasteiger partial charge in [0.15, 0.2) is 11.6 Å². The molecule has 0 amide bonds. The quantitative estimate of drug-likeness (QED) is 0.387. The van der Waals surface area contributed by atoms with Crippen molar-refractivity contribution in [3.05, 3.63) is 65.2 Å². The fourth-order valence-electron chi connectivity index (χ4n) is 2.66. The van der Waals surface area contributed by atoms with Crippen LogP contribution < -0.4 is 4.74 Å². The van der Waals surface area contributed by atoms with Crippen LogP contribution in [0.5, 0.6) is 5.75 Å². The number of benzene rings is 2. The molecule has 0 fully saturated rings. The van der Waals surface area contributed by atoms with Crippen molar-refractivity contribution in [2.75, 3.05) is 6.61 Å². The van der Waals surface area contributed by atoms with Crippen molar-refractivity contribution in [3.8, 4) is 5.75 Å². The van der Waals surface area contributed by atoms with Crippen LogP contribution in [-0.2, 0) is 10.2 Å². The monoisotopic (exact) mass is 382 g/mol. The van der Waals surface area contributed by atoms with E-state index >= 15 is 0 Å². The molecule has 5 nitrogen and oxygen atoms in total. The number of carboxylic acid groups (broad SMARTS) is 1. The molecule has 0 saturated carbocycles. The Labute approximate surface area is 165 Å². The highest BCUT2D eigenvalue weighted by atomic mass is 16.5. The Balaban J connectivity index is 1.91. The highest BCUT2D eigenvalue weighted by Crippen LogP contribution is 2.23. The molecule has 0 aromatic heterocycles. The van der Waals surface area contributed by atoms with E-state index in [1.165, 1.54) is 0 Å². The van der Waals surface area contributed by atoms with Crippen LogP contribution in [0.15, 0.2) is 48.5 Å². The maximum atomic E-state index is 12.4. The second-order valence-corrected chi connectivity index (χ2v) is 7.72. The van der Waals surface area contributed by atoms with E-state index in [0.717, 1.165) is 5.56 Å². The number of rotatable bonds is 9. The number of carboxylic acids is 1. The molecule has 0 aliphatic rings. The highest BCUT2D eigenvalue weighted by Gasteiger charge is 2.16. The fraction of sp³-hybridized carbons (Fsp3) is 0.348. The van der Waals surface area contributed by atoms with E-state index in [4.69, 9.17) is 9.84 Å². The summed E-state index contributed by atoms with van der Waals surface area (Å²) in [6, 6.07) is 13.9. The molecule has 2 aromatic rings. The van der Waals surface area contributed by atoms with Gasteiger partial charge in [0.2, 0.25) is 0 Å². The van der Waals surface area contributed by atoms with E-state index in [9.17, 15) is 14.4 Å². The number of ketones is 2. The van der Waals surface area contributed by atoms with Gasteiger partial charge in [-0.25, -0.2) is 0 Å². The molecule has 0 atom stereocenters. The smallest absolute Gasteiger partial charge is 0.303 e. The first-order chi connectivity index (χ1) is 13.2. The average molecular weight is 382 g/mol. The second-order valence-electron chi connectivity index (χ2n) is 7.72. The minimum atomic E-state index is -0.859. The summed E-state index contributed by atoms with van der Waals surface area (Å²) >= 11 is 0. The van der Waals surface area contributed by atoms with Gasteiger partial charge in [0.25, 0.3) is 0 Å². The molecule has 0 unspecified atom stereocenters. The number of hydrogen-bond acceptors (Lipinski definition) is 4. The van der Waals surface area contributed by atoms with Crippen LogP contribution in [-0.4, -0.2) is 29.2 Å². The summed E-state index contributed by atoms with van der Waals surface area (Å²) in [6.45, 7) is 6.61. The third kappa shape index (κ3) is 6.34. The third-order valence-corrected chi connectivity index (χ3v) is 4.37. The Morgan fingerprint density at radius 3 is 1.82 bits per heavy atom. The lowest BCUT2D eigenvalue weighted by Crippen LogP contribution is -2.12. The summed E-state index contributed by atoms with van der Waals surface area (Å²) in [4.78, 5) is 35.2. The first-order valence-electron chi connectivity index (χ1n) is 9.28. The van der Waals surface area contributed by atoms with Crippen LogP contribution in [0.25, 0.3) is 0 Å². The number of Topliss-reactive ketones (excluding diaryl/α,β-unsaturated/α-hetero) is 2. The van der Waals surface area contributed by atoms with Gasteiger partial charge in [-0.15, -0.1) is 0 Å². The SMILES string of the molecule is CC(C)(C)c1ccc(C(=O)CC(=O)c2ccc(OCCCC(=O)O)cc2)cc1. The van der Waals surface area contributed by atoms with Crippen LogP contribution >= 0.6 is 0 Å². The summed E-state index contributed by atoms with van der Waals surface area (Å²) in [5.74, 6) is -0.755. The molecular weight excluding hydrogens is 356 g/mol. The number of aliphatic carboxylic acids is 1. The van der Waals surface area contributed by atoms with Gasteiger partial charge in [0.1, 0.15) is 5.75 Å². The van der Waals surface area contributed by atoms with Gasteiger partial charge in [-0.3, -0.25) is 14.4 Å². The normalized spacial score (nSPS) is 11.1. The molecular formula is C23H26O5. The third-order valence-electron chi connectivity index (χ3n) is 4.37. The molecule has 0 spiro atoms. The first kappa shape index (κ1) is 21.4. The van der Waals surface area contributed by atoms with Gasteiger partial charge in [-0.1, -0.05) is 45.0 Å². The molecule has 5 heteroatoms. The largest absolute Gasteiger partial charge is 0.494 e. The average Bonchev–Trinajstić information content (AvgIpc) is 2.65. The summed E-state index contributed by atoms with van der Waals surface area (Å²) in [5.41, 5.74) is 2.11. The van der Waals surface area contributed by atoms with Crippen molar-refractivity contribution in [1.29, 1.82) is 0 Å². The molecule has 2 rings (SSSR count). The minimum absolute atomic E-state index is 0.00877. The first-order valence-corrected chi connectivity index (χ1v) is 9.28. The minimum Gasteiger partial charge on any atom is -0.494 e. The van der Waals surface area contributed by atoms with Gasteiger partial charge in [0, 0.05) is 17.5 Å². The summed E-state index contributed by atoms with van der Waals surface area (Å²) < 4.78 is 5.44. The second kappa shape index (κ2) is 9.31. The van der Waals surface area contributed by atoms with Crippen molar-refractivity contribution >= 4 is 17.5 Å². The van der Waals surface area contributed by atoms with Crippen molar-refractivity contribution in [1.82, 2.24) is 0 Å². The Morgan fingerprint density at radius 1 is 0.857 bits per heavy atom. The molecule has 1 N–H and O–H groups in total. The molecule has 0 heterocycles. The summed E-state index contributed by atoms with van der Waals surface area (Å²) in [5, 5.41) is 8.59. The number of carbonyl (C=O) groups is 3. The maximum absolute atomic E-state index is 12.4.